The van der Waals surface area contributed by atoms with Gasteiger partial charge >= 0.3 is 0 Å². The zero-order chi connectivity index (χ0) is 26.6. The van der Waals surface area contributed by atoms with Crippen molar-refractivity contribution in [1.29, 1.82) is 0 Å². The Labute approximate surface area is 223 Å². The molecule has 7 nitrogen and oxygen atoms in total. The molecule has 2 aromatic carbocycles. The van der Waals surface area contributed by atoms with E-state index in [9.17, 15) is 14.0 Å². The molecule has 0 radical (unpaired) electrons. The molecule has 0 aliphatic carbocycles. The molecule has 0 saturated heterocycles. The molecule has 1 unspecified atom stereocenters. The second kappa shape index (κ2) is 11.0. The fourth-order valence-electron chi connectivity index (χ4n) is 4.40. The van der Waals surface area contributed by atoms with Gasteiger partial charge in [-0.1, -0.05) is 41.9 Å². The van der Waals surface area contributed by atoms with Gasteiger partial charge in [0.1, 0.15) is 5.82 Å². The van der Waals surface area contributed by atoms with Crippen molar-refractivity contribution < 1.29 is 9.18 Å². The predicted octanol–water partition coefficient (Wildman–Crippen LogP) is 4.80. The number of rotatable bonds is 8. The second-order valence-electron chi connectivity index (χ2n) is 8.91. The van der Waals surface area contributed by atoms with Crippen molar-refractivity contribution >= 4 is 28.4 Å². The average Bonchev–Trinajstić information content (AvgIpc) is 3.29. The smallest absolute Gasteiger partial charge is 0.251 e. The first-order valence-electron chi connectivity index (χ1n) is 12.0. The molecule has 5 aromatic rings. The van der Waals surface area contributed by atoms with Gasteiger partial charge in [0.2, 0.25) is 0 Å². The molecular formula is C29H25ClFN5O2. The summed E-state index contributed by atoms with van der Waals surface area (Å²) in [5, 5.41) is 7.22. The van der Waals surface area contributed by atoms with Crippen LogP contribution in [0.4, 0.5) is 4.39 Å². The third-order valence-corrected chi connectivity index (χ3v) is 6.74. The Hall–Kier alpha value is -4.27. The van der Waals surface area contributed by atoms with E-state index in [1.54, 1.807) is 47.4 Å². The van der Waals surface area contributed by atoms with Crippen LogP contribution in [-0.2, 0) is 13.1 Å². The Kier molecular flexibility index (Phi) is 7.35. The second-order valence-corrected chi connectivity index (χ2v) is 9.32. The number of carbonyl (C=O) groups is 1. The molecule has 0 saturated carbocycles. The number of aromatic nitrogens is 3. The molecule has 3 aromatic heterocycles. The molecule has 0 aliphatic rings. The van der Waals surface area contributed by atoms with Crippen LogP contribution in [0, 0.1) is 5.82 Å². The number of nitrogens with one attached hydrogen (secondary N) is 3. The minimum atomic E-state index is -0.428. The van der Waals surface area contributed by atoms with E-state index in [0.29, 0.717) is 39.3 Å². The van der Waals surface area contributed by atoms with Crippen LogP contribution in [0.1, 0.15) is 38.8 Å². The molecule has 0 spiro atoms. The fourth-order valence-corrected chi connectivity index (χ4v) is 4.61. The van der Waals surface area contributed by atoms with E-state index in [-0.39, 0.29) is 24.1 Å². The van der Waals surface area contributed by atoms with Gasteiger partial charge in [-0.2, -0.15) is 0 Å². The Balaban J connectivity index is 1.30. The van der Waals surface area contributed by atoms with Gasteiger partial charge in [0.15, 0.2) is 0 Å². The van der Waals surface area contributed by atoms with E-state index in [2.05, 4.69) is 20.6 Å². The molecule has 38 heavy (non-hydrogen) atoms. The molecule has 9 heteroatoms. The Morgan fingerprint density at radius 1 is 1.13 bits per heavy atom. The summed E-state index contributed by atoms with van der Waals surface area (Å²) in [4.78, 5) is 32.3. The Morgan fingerprint density at radius 3 is 2.71 bits per heavy atom. The van der Waals surface area contributed by atoms with Crippen molar-refractivity contribution in [3.8, 4) is 0 Å². The van der Waals surface area contributed by atoms with E-state index < -0.39 is 5.82 Å². The molecule has 3 N–H and O–H groups in total. The normalized spacial score (nSPS) is 12.0. The van der Waals surface area contributed by atoms with Crippen LogP contribution >= 0.6 is 11.6 Å². The largest absolute Gasteiger partial charge is 0.360 e. The highest BCUT2D eigenvalue weighted by Crippen LogP contribution is 2.26. The lowest BCUT2D eigenvalue weighted by Crippen LogP contribution is -2.24. The monoisotopic (exact) mass is 529 g/mol. The van der Waals surface area contributed by atoms with Crippen molar-refractivity contribution in [1.82, 2.24) is 25.2 Å². The van der Waals surface area contributed by atoms with Crippen LogP contribution in [0.25, 0.3) is 10.9 Å². The molecule has 0 bridgehead atoms. The average molecular weight is 530 g/mol. The summed E-state index contributed by atoms with van der Waals surface area (Å²) < 4.78 is 16.1. The number of carbonyl (C=O) groups excluding carboxylic acids is 1. The highest BCUT2D eigenvalue weighted by atomic mass is 35.5. The summed E-state index contributed by atoms with van der Waals surface area (Å²) in [6.45, 7) is 0.489. The number of pyridine rings is 2. The van der Waals surface area contributed by atoms with Crippen molar-refractivity contribution in [3.63, 3.8) is 0 Å². The van der Waals surface area contributed by atoms with E-state index >= 15 is 0 Å². The number of nitrogens with zero attached hydrogens (tertiary/aromatic N) is 2. The maximum atomic E-state index is 14.5. The van der Waals surface area contributed by atoms with Crippen molar-refractivity contribution in [2.45, 2.75) is 19.1 Å². The lowest BCUT2D eigenvalue weighted by atomic mass is 10.0. The Morgan fingerprint density at radius 2 is 1.95 bits per heavy atom. The number of aromatic amines is 1. The summed E-state index contributed by atoms with van der Waals surface area (Å²) in [5.41, 5.74) is 3.91. The summed E-state index contributed by atoms with van der Waals surface area (Å²) in [6.07, 6.45) is 4.94. The van der Waals surface area contributed by atoms with E-state index in [1.807, 2.05) is 37.4 Å². The van der Waals surface area contributed by atoms with Crippen LogP contribution in [0.5, 0.6) is 0 Å². The first kappa shape index (κ1) is 25.4. The fraction of sp³-hybridized carbons (Fsp3) is 0.138. The number of halogens is 2. The van der Waals surface area contributed by atoms with Crippen molar-refractivity contribution in [2.24, 2.45) is 0 Å². The molecular weight excluding hydrogens is 505 g/mol. The van der Waals surface area contributed by atoms with Gasteiger partial charge in [-0.05, 0) is 48.5 Å². The standard InChI is InChI=1S/C29H25ClFN5O2/c1-32-28(19-7-5-18(6-8-19)17-36-11-3-2-4-27(36)37)26-13-20(9-10-33-26)29(38)35-15-21-12-22-23(30)16-34-25(22)14-24(21)31/h2-14,16,28,32,34H,15,17H2,1H3,(H,35,38). The zero-order valence-electron chi connectivity index (χ0n) is 20.5. The minimum absolute atomic E-state index is 0.0151. The van der Waals surface area contributed by atoms with Crippen LogP contribution in [0.2, 0.25) is 5.02 Å². The van der Waals surface area contributed by atoms with Gasteiger partial charge in [-0.15, -0.1) is 0 Å². The number of hydrogen-bond donors (Lipinski definition) is 3. The zero-order valence-corrected chi connectivity index (χ0v) is 21.3. The van der Waals surface area contributed by atoms with E-state index in [4.69, 9.17) is 11.6 Å². The number of amides is 1. The summed E-state index contributed by atoms with van der Waals surface area (Å²) in [5.74, 6) is -0.769. The summed E-state index contributed by atoms with van der Waals surface area (Å²) in [6, 6.07) is 19.1. The molecule has 0 fully saturated rings. The van der Waals surface area contributed by atoms with Gasteiger partial charge in [-0.3, -0.25) is 14.6 Å². The quantitative estimate of drug-likeness (QED) is 0.269. The van der Waals surface area contributed by atoms with Crippen molar-refractivity contribution in [3.05, 3.63) is 134 Å². The number of fused-ring (bicyclic) bond motifs is 1. The molecule has 1 amide bonds. The van der Waals surface area contributed by atoms with Crippen LogP contribution in [0.3, 0.4) is 0 Å². The van der Waals surface area contributed by atoms with E-state index in [1.165, 1.54) is 12.1 Å². The van der Waals surface area contributed by atoms with Gasteiger partial charge in [0.25, 0.3) is 11.5 Å². The number of benzene rings is 2. The third kappa shape index (κ3) is 5.37. The predicted molar refractivity (Wildman–Crippen MR) is 146 cm³/mol. The van der Waals surface area contributed by atoms with Crippen molar-refractivity contribution in [2.75, 3.05) is 7.05 Å². The van der Waals surface area contributed by atoms with Gasteiger partial charge in [0, 0.05) is 53.2 Å². The maximum Gasteiger partial charge on any atom is 0.251 e. The first-order chi connectivity index (χ1) is 18.4. The molecule has 3 heterocycles. The Bertz CT molecular complexity index is 1660. The topological polar surface area (TPSA) is 91.8 Å². The lowest BCUT2D eigenvalue weighted by molar-refractivity contribution is 0.0950. The highest BCUT2D eigenvalue weighted by Gasteiger charge is 2.17. The molecule has 192 valence electrons. The molecule has 0 aliphatic heterocycles. The van der Waals surface area contributed by atoms with Crippen LogP contribution in [-0.4, -0.2) is 27.5 Å². The number of hydrogen-bond acceptors (Lipinski definition) is 4. The minimum Gasteiger partial charge on any atom is -0.360 e. The summed E-state index contributed by atoms with van der Waals surface area (Å²) in [7, 11) is 1.82. The summed E-state index contributed by atoms with van der Waals surface area (Å²) >= 11 is 6.15. The van der Waals surface area contributed by atoms with Gasteiger partial charge in [-0.25, -0.2) is 4.39 Å². The van der Waals surface area contributed by atoms with Gasteiger partial charge < -0.3 is 20.2 Å². The highest BCUT2D eigenvalue weighted by molar-refractivity contribution is 6.35. The first-order valence-corrected chi connectivity index (χ1v) is 12.4. The lowest BCUT2D eigenvalue weighted by Gasteiger charge is -2.17. The molecule has 5 rings (SSSR count). The number of H-pyrrole nitrogens is 1. The van der Waals surface area contributed by atoms with Crippen LogP contribution < -0.4 is 16.2 Å². The maximum absolute atomic E-state index is 14.5. The molecule has 1 atom stereocenters. The van der Waals surface area contributed by atoms with E-state index in [0.717, 1.165) is 11.1 Å². The van der Waals surface area contributed by atoms with Crippen LogP contribution in [0.15, 0.2) is 90.1 Å². The third-order valence-electron chi connectivity index (χ3n) is 6.43. The SMILES string of the molecule is CNC(c1ccc(Cn2ccccc2=O)cc1)c1cc(C(=O)NCc2cc3c(Cl)c[nH]c3cc2F)ccn1. The van der Waals surface area contributed by atoms with Gasteiger partial charge in [0.05, 0.1) is 23.3 Å².